The number of tetrazole rings is 1. The fraction of sp³-hybridized carbons (Fsp3) is 0.158. The Morgan fingerprint density at radius 1 is 1.17 bits per heavy atom. The van der Waals surface area contributed by atoms with E-state index in [9.17, 15) is 4.79 Å². The molecule has 4 aromatic rings. The Bertz CT molecular complexity index is 1130. The van der Waals surface area contributed by atoms with Gasteiger partial charge in [0.1, 0.15) is 0 Å². The highest BCUT2D eigenvalue weighted by molar-refractivity contribution is 7.99. The summed E-state index contributed by atoms with van der Waals surface area (Å²) >= 11 is 1.40. The van der Waals surface area contributed by atoms with Crippen molar-refractivity contribution in [3.63, 3.8) is 0 Å². The van der Waals surface area contributed by atoms with Crippen LogP contribution in [0.2, 0.25) is 0 Å². The van der Waals surface area contributed by atoms with Gasteiger partial charge in [-0.3, -0.25) is 4.79 Å². The topological polar surface area (TPSA) is 112 Å². The minimum atomic E-state index is -0.164. The number of benzene rings is 2. The van der Waals surface area contributed by atoms with Crippen molar-refractivity contribution in [2.24, 2.45) is 0 Å². The third kappa shape index (κ3) is 4.32. The molecule has 0 radical (unpaired) electrons. The van der Waals surface area contributed by atoms with Crippen molar-refractivity contribution in [3.05, 3.63) is 60.5 Å². The minimum absolute atomic E-state index is 0.146. The SMILES string of the molecule is CC(=O)Nc1cccc(-n2nnnc2SC(C)c2nc(-c3ccccc3)no2)c1. The molecular weight excluding hydrogens is 390 g/mol. The zero-order valence-corrected chi connectivity index (χ0v) is 16.5. The second kappa shape index (κ2) is 8.23. The summed E-state index contributed by atoms with van der Waals surface area (Å²) in [5.41, 5.74) is 2.28. The Labute approximate surface area is 170 Å². The van der Waals surface area contributed by atoms with E-state index in [1.165, 1.54) is 18.7 Å². The molecule has 1 N–H and O–H groups in total. The van der Waals surface area contributed by atoms with Crippen LogP contribution in [0.25, 0.3) is 17.1 Å². The normalized spacial score (nSPS) is 11.9. The Morgan fingerprint density at radius 2 is 2.00 bits per heavy atom. The van der Waals surface area contributed by atoms with Gasteiger partial charge in [-0.1, -0.05) is 53.3 Å². The van der Waals surface area contributed by atoms with Crippen LogP contribution in [0.5, 0.6) is 0 Å². The first-order chi connectivity index (χ1) is 14.1. The molecule has 0 aliphatic carbocycles. The smallest absolute Gasteiger partial charge is 0.240 e. The lowest BCUT2D eigenvalue weighted by Gasteiger charge is -2.08. The number of amides is 1. The molecule has 2 heterocycles. The number of anilines is 1. The van der Waals surface area contributed by atoms with Crippen LogP contribution in [0.4, 0.5) is 5.69 Å². The van der Waals surface area contributed by atoms with Gasteiger partial charge in [-0.25, -0.2) is 0 Å². The van der Waals surface area contributed by atoms with E-state index in [0.717, 1.165) is 11.3 Å². The highest BCUT2D eigenvalue weighted by atomic mass is 32.2. The van der Waals surface area contributed by atoms with E-state index < -0.39 is 0 Å². The maximum Gasteiger partial charge on any atom is 0.240 e. The van der Waals surface area contributed by atoms with E-state index in [1.54, 1.807) is 16.8 Å². The first kappa shape index (κ1) is 18.8. The predicted molar refractivity (Wildman–Crippen MR) is 107 cm³/mol. The average molecular weight is 407 g/mol. The molecule has 9 nitrogen and oxygen atoms in total. The van der Waals surface area contributed by atoms with Gasteiger partial charge in [0.05, 0.1) is 10.9 Å². The second-order valence-electron chi connectivity index (χ2n) is 6.19. The van der Waals surface area contributed by atoms with Gasteiger partial charge in [0.15, 0.2) is 0 Å². The molecule has 1 unspecified atom stereocenters. The average Bonchev–Trinajstić information content (AvgIpc) is 3.38. The van der Waals surface area contributed by atoms with Gasteiger partial charge in [0, 0.05) is 18.2 Å². The molecule has 1 amide bonds. The minimum Gasteiger partial charge on any atom is -0.338 e. The Hall–Kier alpha value is -3.53. The van der Waals surface area contributed by atoms with Crippen molar-refractivity contribution in [1.82, 2.24) is 30.3 Å². The number of carbonyl (C=O) groups excluding carboxylic acids is 1. The second-order valence-corrected chi connectivity index (χ2v) is 7.50. The number of hydrogen-bond donors (Lipinski definition) is 1. The highest BCUT2D eigenvalue weighted by Gasteiger charge is 2.20. The Balaban J connectivity index is 1.54. The van der Waals surface area contributed by atoms with E-state index >= 15 is 0 Å². The van der Waals surface area contributed by atoms with E-state index in [1.807, 2.05) is 49.4 Å². The summed E-state index contributed by atoms with van der Waals surface area (Å²) in [7, 11) is 0. The quantitative estimate of drug-likeness (QED) is 0.483. The van der Waals surface area contributed by atoms with Crippen molar-refractivity contribution in [2.75, 3.05) is 5.32 Å². The van der Waals surface area contributed by atoms with Gasteiger partial charge >= 0.3 is 0 Å². The zero-order chi connectivity index (χ0) is 20.2. The third-order valence-electron chi connectivity index (χ3n) is 3.96. The lowest BCUT2D eigenvalue weighted by molar-refractivity contribution is -0.114. The van der Waals surface area contributed by atoms with Gasteiger partial charge in [0.2, 0.25) is 22.8 Å². The summed E-state index contributed by atoms with van der Waals surface area (Å²) in [6.45, 7) is 3.40. The third-order valence-corrected chi connectivity index (χ3v) is 4.98. The summed E-state index contributed by atoms with van der Waals surface area (Å²) in [6, 6.07) is 16.9. The maximum atomic E-state index is 11.3. The molecule has 2 aromatic carbocycles. The fourth-order valence-electron chi connectivity index (χ4n) is 2.65. The molecule has 10 heteroatoms. The molecular formula is C19H17N7O2S. The molecule has 4 rings (SSSR count). The van der Waals surface area contributed by atoms with Gasteiger partial charge in [-0.15, -0.1) is 5.10 Å². The first-order valence-corrected chi connectivity index (χ1v) is 9.70. The molecule has 1 atom stereocenters. The summed E-state index contributed by atoms with van der Waals surface area (Å²) in [6.07, 6.45) is 0. The van der Waals surface area contributed by atoms with Crippen molar-refractivity contribution < 1.29 is 9.32 Å². The van der Waals surface area contributed by atoms with Crippen LogP contribution in [0, 0.1) is 0 Å². The molecule has 0 fully saturated rings. The number of thioether (sulfide) groups is 1. The molecule has 0 bridgehead atoms. The number of hydrogen-bond acceptors (Lipinski definition) is 8. The fourth-order valence-corrected chi connectivity index (χ4v) is 3.48. The van der Waals surface area contributed by atoms with Crippen molar-refractivity contribution >= 4 is 23.4 Å². The van der Waals surface area contributed by atoms with Gasteiger partial charge < -0.3 is 9.84 Å². The van der Waals surface area contributed by atoms with Crippen LogP contribution in [-0.4, -0.2) is 36.3 Å². The maximum absolute atomic E-state index is 11.3. The summed E-state index contributed by atoms with van der Waals surface area (Å²) < 4.78 is 7.03. The van der Waals surface area contributed by atoms with E-state index in [4.69, 9.17) is 4.52 Å². The molecule has 0 aliphatic heterocycles. The first-order valence-electron chi connectivity index (χ1n) is 8.82. The van der Waals surface area contributed by atoms with Crippen molar-refractivity contribution in [2.45, 2.75) is 24.3 Å². The lowest BCUT2D eigenvalue weighted by Crippen LogP contribution is -2.07. The molecule has 0 saturated heterocycles. The van der Waals surface area contributed by atoms with Gasteiger partial charge in [-0.05, 0) is 35.5 Å². The summed E-state index contributed by atoms with van der Waals surface area (Å²) in [5, 5.41) is 19.2. The van der Waals surface area contributed by atoms with Crippen LogP contribution in [0.3, 0.4) is 0 Å². The van der Waals surface area contributed by atoms with Crippen LogP contribution < -0.4 is 5.32 Å². The van der Waals surface area contributed by atoms with Gasteiger partial charge in [0.25, 0.3) is 0 Å². The number of nitrogens with zero attached hydrogens (tertiary/aromatic N) is 6. The Morgan fingerprint density at radius 3 is 2.79 bits per heavy atom. The number of aromatic nitrogens is 6. The molecule has 0 saturated carbocycles. The molecule has 29 heavy (non-hydrogen) atoms. The molecule has 0 spiro atoms. The monoisotopic (exact) mass is 407 g/mol. The lowest BCUT2D eigenvalue weighted by atomic mass is 10.2. The van der Waals surface area contributed by atoms with E-state index in [-0.39, 0.29) is 11.2 Å². The number of rotatable bonds is 6. The number of carbonyl (C=O) groups is 1. The zero-order valence-electron chi connectivity index (χ0n) is 15.7. The molecule has 2 aromatic heterocycles. The Kier molecular flexibility index (Phi) is 5.34. The number of nitrogens with one attached hydrogen (secondary N) is 1. The van der Waals surface area contributed by atoms with Crippen LogP contribution >= 0.6 is 11.8 Å². The van der Waals surface area contributed by atoms with Crippen molar-refractivity contribution in [3.8, 4) is 17.1 Å². The van der Waals surface area contributed by atoms with Crippen molar-refractivity contribution in [1.29, 1.82) is 0 Å². The predicted octanol–water partition coefficient (Wildman–Crippen LogP) is 3.52. The van der Waals surface area contributed by atoms with E-state index in [2.05, 4.69) is 31.0 Å². The highest BCUT2D eigenvalue weighted by Crippen LogP contribution is 2.34. The van der Waals surface area contributed by atoms with Crippen LogP contribution in [-0.2, 0) is 4.79 Å². The summed E-state index contributed by atoms with van der Waals surface area (Å²) in [5.74, 6) is 0.874. The summed E-state index contributed by atoms with van der Waals surface area (Å²) in [4.78, 5) is 15.8. The molecule has 146 valence electrons. The van der Waals surface area contributed by atoms with Crippen LogP contribution in [0.1, 0.15) is 25.0 Å². The van der Waals surface area contributed by atoms with Gasteiger partial charge in [-0.2, -0.15) is 9.67 Å². The largest absolute Gasteiger partial charge is 0.338 e. The standard InChI is InChI=1S/C19H17N7O2S/c1-12(18-21-17(23-28-18)14-7-4-3-5-8-14)29-19-22-24-25-26(19)16-10-6-9-15(11-16)20-13(2)27/h3-12H,1-2H3,(H,20,27). The van der Waals surface area contributed by atoms with Crippen LogP contribution in [0.15, 0.2) is 64.3 Å². The van der Waals surface area contributed by atoms with E-state index in [0.29, 0.717) is 22.6 Å². The molecule has 0 aliphatic rings.